The van der Waals surface area contributed by atoms with E-state index in [0.717, 1.165) is 23.7 Å². The van der Waals surface area contributed by atoms with Gasteiger partial charge in [0.05, 0.1) is 6.61 Å². The van der Waals surface area contributed by atoms with Gasteiger partial charge in [-0.05, 0) is 50.1 Å². The third-order valence-electron chi connectivity index (χ3n) is 2.83. The molecule has 0 aliphatic rings. The van der Waals surface area contributed by atoms with Crippen molar-refractivity contribution in [3.05, 3.63) is 54.1 Å². The first-order chi connectivity index (χ1) is 9.69. The Balaban J connectivity index is 2.17. The van der Waals surface area contributed by atoms with Gasteiger partial charge < -0.3 is 15.2 Å². The molecule has 2 aromatic rings. The monoisotopic (exact) mass is 271 g/mol. The van der Waals surface area contributed by atoms with E-state index in [1.165, 1.54) is 5.56 Å². The third kappa shape index (κ3) is 4.00. The SMILES string of the molecule is CCOc1ccccc1Oc1cccc(CC(C)N)c1. The molecular formula is C17H21NO2. The molecule has 2 aromatic carbocycles. The molecule has 0 aromatic heterocycles. The van der Waals surface area contributed by atoms with Crippen LogP contribution in [0.4, 0.5) is 0 Å². The van der Waals surface area contributed by atoms with E-state index >= 15 is 0 Å². The van der Waals surface area contributed by atoms with Crippen LogP contribution in [0.5, 0.6) is 17.2 Å². The van der Waals surface area contributed by atoms with Crippen molar-refractivity contribution < 1.29 is 9.47 Å². The number of benzene rings is 2. The minimum Gasteiger partial charge on any atom is -0.490 e. The summed E-state index contributed by atoms with van der Waals surface area (Å²) in [4.78, 5) is 0. The van der Waals surface area contributed by atoms with Gasteiger partial charge in [-0.1, -0.05) is 24.3 Å². The van der Waals surface area contributed by atoms with Crippen molar-refractivity contribution in [1.82, 2.24) is 0 Å². The lowest BCUT2D eigenvalue weighted by Gasteiger charge is -2.12. The van der Waals surface area contributed by atoms with Crippen molar-refractivity contribution in [3.8, 4) is 17.2 Å². The standard InChI is InChI=1S/C17H21NO2/c1-3-19-16-9-4-5-10-17(16)20-15-8-6-7-14(12-15)11-13(2)18/h4-10,12-13H,3,11,18H2,1-2H3. The van der Waals surface area contributed by atoms with Crippen LogP contribution in [0.15, 0.2) is 48.5 Å². The summed E-state index contributed by atoms with van der Waals surface area (Å²) in [5.74, 6) is 2.29. The first-order valence-electron chi connectivity index (χ1n) is 6.93. The maximum absolute atomic E-state index is 5.92. The van der Waals surface area contributed by atoms with E-state index in [4.69, 9.17) is 15.2 Å². The Morgan fingerprint density at radius 2 is 1.80 bits per heavy atom. The molecule has 0 spiro atoms. The highest BCUT2D eigenvalue weighted by atomic mass is 16.5. The van der Waals surface area contributed by atoms with E-state index in [9.17, 15) is 0 Å². The molecule has 2 rings (SSSR count). The van der Waals surface area contributed by atoms with Crippen molar-refractivity contribution in [2.45, 2.75) is 26.3 Å². The number of nitrogens with two attached hydrogens (primary N) is 1. The van der Waals surface area contributed by atoms with Gasteiger partial charge in [0.1, 0.15) is 5.75 Å². The lowest BCUT2D eigenvalue weighted by molar-refractivity contribution is 0.321. The van der Waals surface area contributed by atoms with Gasteiger partial charge in [-0.25, -0.2) is 0 Å². The van der Waals surface area contributed by atoms with Crippen LogP contribution in [0.3, 0.4) is 0 Å². The average Bonchev–Trinajstić information content (AvgIpc) is 2.41. The summed E-state index contributed by atoms with van der Waals surface area (Å²) in [7, 11) is 0. The van der Waals surface area contributed by atoms with E-state index < -0.39 is 0 Å². The largest absolute Gasteiger partial charge is 0.490 e. The van der Waals surface area contributed by atoms with Gasteiger partial charge in [-0.15, -0.1) is 0 Å². The fourth-order valence-electron chi connectivity index (χ4n) is 2.04. The summed E-state index contributed by atoms with van der Waals surface area (Å²) in [5, 5.41) is 0. The molecule has 0 bridgehead atoms. The van der Waals surface area contributed by atoms with Gasteiger partial charge in [0.2, 0.25) is 0 Å². The van der Waals surface area contributed by atoms with E-state index in [1.54, 1.807) is 0 Å². The molecule has 20 heavy (non-hydrogen) atoms. The Labute approximate surface area is 120 Å². The van der Waals surface area contributed by atoms with Gasteiger partial charge in [-0.2, -0.15) is 0 Å². The quantitative estimate of drug-likeness (QED) is 0.869. The molecular weight excluding hydrogens is 250 g/mol. The molecule has 0 amide bonds. The predicted octanol–water partition coefficient (Wildman–Crippen LogP) is 3.77. The molecule has 1 atom stereocenters. The zero-order valence-electron chi connectivity index (χ0n) is 12.0. The normalized spacial score (nSPS) is 11.9. The molecule has 0 fully saturated rings. The molecule has 3 nitrogen and oxygen atoms in total. The molecule has 3 heteroatoms. The maximum Gasteiger partial charge on any atom is 0.169 e. The van der Waals surface area contributed by atoms with E-state index in [0.29, 0.717) is 6.61 Å². The minimum atomic E-state index is 0.140. The highest BCUT2D eigenvalue weighted by molar-refractivity contribution is 5.43. The number of hydrogen-bond acceptors (Lipinski definition) is 3. The van der Waals surface area contributed by atoms with Crippen LogP contribution in [-0.4, -0.2) is 12.6 Å². The first kappa shape index (κ1) is 14.4. The smallest absolute Gasteiger partial charge is 0.169 e. The van der Waals surface area contributed by atoms with Crippen LogP contribution >= 0.6 is 0 Å². The van der Waals surface area contributed by atoms with Crippen LogP contribution < -0.4 is 15.2 Å². The predicted molar refractivity (Wildman–Crippen MR) is 81.5 cm³/mol. The van der Waals surface area contributed by atoms with Gasteiger partial charge >= 0.3 is 0 Å². The fraction of sp³-hybridized carbons (Fsp3) is 0.294. The summed E-state index contributed by atoms with van der Waals surface area (Å²) in [5.41, 5.74) is 7.00. The van der Waals surface area contributed by atoms with Crippen LogP contribution in [-0.2, 0) is 6.42 Å². The number of para-hydroxylation sites is 2. The van der Waals surface area contributed by atoms with E-state index in [2.05, 4.69) is 6.07 Å². The maximum atomic E-state index is 5.92. The van der Waals surface area contributed by atoms with Crippen molar-refractivity contribution in [3.63, 3.8) is 0 Å². The molecule has 106 valence electrons. The Bertz CT molecular complexity index is 552. The van der Waals surface area contributed by atoms with Gasteiger partial charge in [-0.3, -0.25) is 0 Å². The van der Waals surface area contributed by atoms with Crippen molar-refractivity contribution >= 4 is 0 Å². The highest BCUT2D eigenvalue weighted by Crippen LogP contribution is 2.31. The fourth-order valence-corrected chi connectivity index (χ4v) is 2.04. The summed E-state index contributed by atoms with van der Waals surface area (Å²) < 4.78 is 11.5. The highest BCUT2D eigenvalue weighted by Gasteiger charge is 2.06. The Hall–Kier alpha value is -2.00. The van der Waals surface area contributed by atoms with Crippen molar-refractivity contribution in [2.75, 3.05) is 6.61 Å². The zero-order chi connectivity index (χ0) is 14.4. The van der Waals surface area contributed by atoms with E-state index in [-0.39, 0.29) is 6.04 Å². The van der Waals surface area contributed by atoms with Crippen LogP contribution in [0.2, 0.25) is 0 Å². The lowest BCUT2D eigenvalue weighted by atomic mass is 10.1. The second-order valence-electron chi connectivity index (χ2n) is 4.81. The lowest BCUT2D eigenvalue weighted by Crippen LogP contribution is -2.17. The van der Waals surface area contributed by atoms with Crippen LogP contribution in [0.1, 0.15) is 19.4 Å². The molecule has 2 N–H and O–H groups in total. The van der Waals surface area contributed by atoms with Crippen molar-refractivity contribution in [2.24, 2.45) is 5.73 Å². The van der Waals surface area contributed by atoms with Gasteiger partial charge in [0, 0.05) is 6.04 Å². The molecule has 0 radical (unpaired) electrons. The average molecular weight is 271 g/mol. The molecule has 0 heterocycles. The first-order valence-corrected chi connectivity index (χ1v) is 6.93. The molecule has 1 unspecified atom stereocenters. The number of ether oxygens (including phenoxy) is 2. The summed E-state index contributed by atoms with van der Waals surface area (Å²) >= 11 is 0. The summed E-state index contributed by atoms with van der Waals surface area (Å²) in [6.07, 6.45) is 0.838. The second-order valence-corrected chi connectivity index (χ2v) is 4.81. The van der Waals surface area contributed by atoms with Gasteiger partial charge in [0.25, 0.3) is 0 Å². The second kappa shape index (κ2) is 6.96. The molecule has 0 saturated carbocycles. The number of hydrogen-bond donors (Lipinski definition) is 1. The van der Waals surface area contributed by atoms with Crippen LogP contribution in [0, 0.1) is 0 Å². The summed E-state index contributed by atoms with van der Waals surface area (Å²) in [6.45, 7) is 4.57. The van der Waals surface area contributed by atoms with Crippen molar-refractivity contribution in [1.29, 1.82) is 0 Å². The number of rotatable bonds is 6. The minimum absolute atomic E-state index is 0.140. The Morgan fingerprint density at radius 3 is 2.50 bits per heavy atom. The topological polar surface area (TPSA) is 44.5 Å². The van der Waals surface area contributed by atoms with Gasteiger partial charge in [0.15, 0.2) is 11.5 Å². The molecule has 0 aliphatic carbocycles. The third-order valence-corrected chi connectivity index (χ3v) is 2.83. The molecule has 0 aliphatic heterocycles. The summed E-state index contributed by atoms with van der Waals surface area (Å²) in [6, 6.07) is 15.8. The van der Waals surface area contributed by atoms with Crippen LogP contribution in [0.25, 0.3) is 0 Å². The molecule has 0 saturated heterocycles. The van der Waals surface area contributed by atoms with E-state index in [1.807, 2.05) is 56.3 Å². The zero-order valence-corrected chi connectivity index (χ0v) is 12.0. The Kier molecular flexibility index (Phi) is 5.02. The Morgan fingerprint density at radius 1 is 1.05 bits per heavy atom.